The number of carbonyl (C=O) groups excluding carboxylic acids is 1. The van der Waals surface area contributed by atoms with Crippen LogP contribution in [0, 0.1) is 12.8 Å². The summed E-state index contributed by atoms with van der Waals surface area (Å²) in [6, 6.07) is 1.86. The molecule has 1 aromatic heterocycles. The van der Waals surface area contributed by atoms with Crippen molar-refractivity contribution in [3.63, 3.8) is 0 Å². The van der Waals surface area contributed by atoms with Gasteiger partial charge in [0.05, 0.1) is 12.5 Å². The van der Waals surface area contributed by atoms with Crippen LogP contribution in [0.3, 0.4) is 0 Å². The van der Waals surface area contributed by atoms with E-state index in [1.807, 2.05) is 33.8 Å². The first-order valence-electron chi connectivity index (χ1n) is 6.13. The number of ether oxygens (including phenoxy) is 1. The highest BCUT2D eigenvalue weighted by Crippen LogP contribution is 2.29. The zero-order chi connectivity index (χ0) is 13.1. The SMILES string of the molecule is CC.CCOC(=O)C1CC1.Cc1ccncn1. The molecule has 0 N–H and O–H groups in total. The number of carbonyl (C=O) groups is 1. The lowest BCUT2D eigenvalue weighted by Gasteiger charge is -1.95. The van der Waals surface area contributed by atoms with Crippen LogP contribution < -0.4 is 0 Å². The minimum Gasteiger partial charge on any atom is -0.466 e. The molecule has 4 nitrogen and oxygen atoms in total. The van der Waals surface area contributed by atoms with Crippen molar-refractivity contribution in [2.24, 2.45) is 5.92 Å². The van der Waals surface area contributed by atoms with Crippen LogP contribution in [-0.2, 0) is 9.53 Å². The van der Waals surface area contributed by atoms with E-state index in [0.717, 1.165) is 18.5 Å². The Labute approximate surface area is 103 Å². The highest BCUT2D eigenvalue weighted by atomic mass is 16.5. The fourth-order valence-electron chi connectivity index (χ4n) is 0.936. The van der Waals surface area contributed by atoms with Crippen LogP contribution in [0.5, 0.6) is 0 Å². The molecule has 0 atom stereocenters. The first kappa shape index (κ1) is 15.6. The maximum Gasteiger partial charge on any atom is 0.308 e. The van der Waals surface area contributed by atoms with Gasteiger partial charge in [-0.05, 0) is 32.8 Å². The number of esters is 1. The van der Waals surface area contributed by atoms with Crippen LogP contribution in [0.25, 0.3) is 0 Å². The average Bonchev–Trinajstić information content (AvgIpc) is 3.18. The largest absolute Gasteiger partial charge is 0.466 e. The number of aromatic nitrogens is 2. The van der Waals surface area contributed by atoms with E-state index in [2.05, 4.69) is 9.97 Å². The number of rotatable bonds is 2. The van der Waals surface area contributed by atoms with Crippen LogP contribution in [0.15, 0.2) is 18.6 Å². The van der Waals surface area contributed by atoms with Gasteiger partial charge in [0, 0.05) is 11.9 Å². The molecule has 0 aromatic carbocycles. The first-order chi connectivity index (χ1) is 8.24. The van der Waals surface area contributed by atoms with E-state index in [0.29, 0.717) is 6.61 Å². The lowest BCUT2D eigenvalue weighted by atomic mass is 10.4. The highest BCUT2D eigenvalue weighted by Gasteiger charge is 2.30. The summed E-state index contributed by atoms with van der Waals surface area (Å²) in [6.07, 6.45) is 5.34. The third-order valence-corrected chi connectivity index (χ3v) is 1.93. The Kier molecular flexibility index (Phi) is 8.92. The molecule has 17 heavy (non-hydrogen) atoms. The summed E-state index contributed by atoms with van der Waals surface area (Å²) in [4.78, 5) is 18.2. The molecular formula is C13H22N2O2. The van der Waals surface area contributed by atoms with Crippen molar-refractivity contribution < 1.29 is 9.53 Å². The molecule has 0 saturated heterocycles. The quantitative estimate of drug-likeness (QED) is 0.743. The van der Waals surface area contributed by atoms with Crippen molar-refractivity contribution in [3.8, 4) is 0 Å². The molecule has 1 fully saturated rings. The van der Waals surface area contributed by atoms with Crippen molar-refractivity contribution in [1.29, 1.82) is 0 Å². The molecule has 4 heteroatoms. The molecule has 1 heterocycles. The van der Waals surface area contributed by atoms with Gasteiger partial charge in [-0.1, -0.05) is 13.8 Å². The van der Waals surface area contributed by atoms with E-state index in [9.17, 15) is 4.79 Å². The second kappa shape index (κ2) is 9.75. The van der Waals surface area contributed by atoms with Crippen LogP contribution >= 0.6 is 0 Å². The van der Waals surface area contributed by atoms with Gasteiger partial charge in [0.15, 0.2) is 0 Å². The Morgan fingerprint density at radius 3 is 2.41 bits per heavy atom. The van der Waals surface area contributed by atoms with Crippen molar-refractivity contribution in [2.45, 2.75) is 40.5 Å². The van der Waals surface area contributed by atoms with Gasteiger partial charge in [0.1, 0.15) is 6.33 Å². The molecule has 1 aliphatic rings. The Bertz CT molecular complexity index is 298. The summed E-state index contributed by atoms with van der Waals surface area (Å²) in [6.45, 7) is 8.29. The lowest BCUT2D eigenvalue weighted by Crippen LogP contribution is -2.04. The smallest absolute Gasteiger partial charge is 0.308 e. The maximum atomic E-state index is 10.6. The molecule has 0 unspecified atom stereocenters. The molecule has 1 saturated carbocycles. The summed E-state index contributed by atoms with van der Waals surface area (Å²) < 4.78 is 4.73. The topological polar surface area (TPSA) is 52.1 Å². The number of hydrogen-bond donors (Lipinski definition) is 0. The monoisotopic (exact) mass is 238 g/mol. The molecule has 1 aromatic rings. The van der Waals surface area contributed by atoms with E-state index < -0.39 is 0 Å². The number of hydrogen-bond acceptors (Lipinski definition) is 4. The first-order valence-corrected chi connectivity index (χ1v) is 6.13. The maximum absolute atomic E-state index is 10.6. The molecule has 0 amide bonds. The minimum atomic E-state index is -0.00694. The zero-order valence-corrected chi connectivity index (χ0v) is 11.1. The fourth-order valence-corrected chi connectivity index (χ4v) is 0.936. The van der Waals surface area contributed by atoms with Crippen molar-refractivity contribution in [3.05, 3.63) is 24.3 Å². The predicted octanol–water partition coefficient (Wildman–Crippen LogP) is 2.77. The zero-order valence-electron chi connectivity index (χ0n) is 11.1. The van der Waals surface area contributed by atoms with E-state index in [1.54, 1.807) is 6.20 Å². The van der Waals surface area contributed by atoms with Crippen molar-refractivity contribution in [2.75, 3.05) is 6.61 Å². The van der Waals surface area contributed by atoms with E-state index in [4.69, 9.17) is 4.74 Å². The third-order valence-electron chi connectivity index (χ3n) is 1.93. The molecule has 0 aliphatic heterocycles. The standard InChI is InChI=1S/C6H10O2.C5H6N2.C2H6/c1-2-8-6(7)5-3-4-5;1-5-2-3-6-4-7-5;1-2/h5H,2-4H2,1H3;2-4H,1H3;1-2H3. The summed E-state index contributed by atoms with van der Waals surface area (Å²) in [5.74, 6) is 0.252. The average molecular weight is 238 g/mol. The van der Waals surface area contributed by atoms with Crippen LogP contribution in [-0.4, -0.2) is 22.5 Å². The van der Waals surface area contributed by atoms with Gasteiger partial charge in [-0.15, -0.1) is 0 Å². The Morgan fingerprint density at radius 1 is 1.47 bits per heavy atom. The van der Waals surface area contributed by atoms with Gasteiger partial charge in [-0.3, -0.25) is 4.79 Å². The van der Waals surface area contributed by atoms with Crippen LogP contribution in [0.1, 0.15) is 39.3 Å². The van der Waals surface area contributed by atoms with Crippen molar-refractivity contribution >= 4 is 5.97 Å². The molecule has 96 valence electrons. The molecule has 0 radical (unpaired) electrons. The van der Waals surface area contributed by atoms with Gasteiger partial charge >= 0.3 is 5.97 Å². The molecular weight excluding hydrogens is 216 g/mol. The lowest BCUT2D eigenvalue weighted by molar-refractivity contribution is -0.144. The van der Waals surface area contributed by atoms with Gasteiger partial charge in [0.2, 0.25) is 0 Å². The summed E-state index contributed by atoms with van der Waals surface area (Å²) in [5, 5.41) is 0. The minimum absolute atomic E-state index is 0.00694. The van der Waals surface area contributed by atoms with Crippen LogP contribution in [0.2, 0.25) is 0 Å². The normalized spacial score (nSPS) is 12.5. The molecule has 0 bridgehead atoms. The summed E-state index contributed by atoms with van der Waals surface area (Å²) in [5.41, 5.74) is 1.01. The second-order valence-electron chi connectivity index (χ2n) is 3.38. The van der Waals surface area contributed by atoms with Gasteiger partial charge in [0.25, 0.3) is 0 Å². The Hall–Kier alpha value is -1.45. The predicted molar refractivity (Wildman–Crippen MR) is 67.5 cm³/mol. The van der Waals surface area contributed by atoms with Gasteiger partial charge in [-0.2, -0.15) is 0 Å². The van der Waals surface area contributed by atoms with Crippen molar-refractivity contribution in [1.82, 2.24) is 9.97 Å². The second-order valence-corrected chi connectivity index (χ2v) is 3.38. The number of nitrogens with zero attached hydrogens (tertiary/aromatic N) is 2. The Morgan fingerprint density at radius 2 is 2.12 bits per heavy atom. The Balaban J connectivity index is 0.000000265. The molecule has 2 rings (SSSR count). The summed E-state index contributed by atoms with van der Waals surface area (Å²) in [7, 11) is 0. The van der Waals surface area contributed by atoms with Gasteiger partial charge < -0.3 is 4.74 Å². The summed E-state index contributed by atoms with van der Waals surface area (Å²) >= 11 is 0. The molecule has 0 spiro atoms. The fraction of sp³-hybridized carbons (Fsp3) is 0.615. The number of aryl methyl sites for hydroxylation is 1. The van der Waals surface area contributed by atoms with Crippen LogP contribution in [0.4, 0.5) is 0 Å². The molecule has 1 aliphatic carbocycles. The van der Waals surface area contributed by atoms with Gasteiger partial charge in [-0.25, -0.2) is 9.97 Å². The van der Waals surface area contributed by atoms with E-state index >= 15 is 0 Å². The van der Waals surface area contributed by atoms with E-state index in [-0.39, 0.29) is 11.9 Å². The van der Waals surface area contributed by atoms with E-state index in [1.165, 1.54) is 6.33 Å². The third kappa shape index (κ3) is 8.37. The highest BCUT2D eigenvalue weighted by molar-refractivity contribution is 5.74.